The molecule has 1 fully saturated rings. The van der Waals surface area contributed by atoms with Gasteiger partial charge in [-0.1, -0.05) is 32.6 Å². The first-order valence-electron chi connectivity index (χ1n) is 10.7. The van der Waals surface area contributed by atoms with Gasteiger partial charge in [0.25, 0.3) is 5.91 Å². The summed E-state index contributed by atoms with van der Waals surface area (Å²) in [6.07, 6.45) is 9.29. The second kappa shape index (κ2) is 7.30. The Hall–Kier alpha value is -2.24. The van der Waals surface area contributed by atoms with Crippen LogP contribution in [0.5, 0.6) is 0 Å². The van der Waals surface area contributed by atoms with Gasteiger partial charge in [-0.15, -0.1) is 0 Å². The summed E-state index contributed by atoms with van der Waals surface area (Å²) in [5.74, 6) is -0.130. The number of carbonyl (C=O) groups is 2. The molecule has 2 amide bonds. The molecule has 1 aliphatic heterocycles. The summed E-state index contributed by atoms with van der Waals surface area (Å²) in [4.78, 5) is 28.8. The van der Waals surface area contributed by atoms with E-state index in [1.54, 1.807) is 17.2 Å². The van der Waals surface area contributed by atoms with Crippen LogP contribution in [0.2, 0.25) is 0 Å². The third-order valence-corrected chi connectivity index (χ3v) is 6.67. The van der Waals surface area contributed by atoms with Gasteiger partial charge in [-0.05, 0) is 33.1 Å². The number of furan rings is 1. The minimum Gasteiger partial charge on any atom is -0.463 e. The maximum absolute atomic E-state index is 13.5. The molecule has 1 saturated carbocycles. The van der Waals surface area contributed by atoms with Crippen LogP contribution in [-0.2, 0) is 11.3 Å². The van der Waals surface area contributed by atoms with E-state index in [0.717, 1.165) is 37.6 Å². The van der Waals surface area contributed by atoms with Crippen LogP contribution in [0.4, 0.5) is 0 Å². The normalized spacial score (nSPS) is 24.8. The fraction of sp³-hybridized carbons (Fsp3) is 0.636. The number of hydrogen-bond donors (Lipinski definition) is 1. The van der Waals surface area contributed by atoms with E-state index in [1.165, 1.54) is 12.8 Å². The van der Waals surface area contributed by atoms with E-state index < -0.39 is 5.54 Å². The number of carbonyl (C=O) groups excluding carboxylic acids is 2. The average molecular weight is 386 g/mol. The predicted octanol–water partition coefficient (Wildman–Crippen LogP) is 4.09. The molecule has 2 aliphatic rings. The highest BCUT2D eigenvalue weighted by Crippen LogP contribution is 2.35. The van der Waals surface area contributed by atoms with Gasteiger partial charge in [0.15, 0.2) is 5.58 Å². The van der Waals surface area contributed by atoms with E-state index in [9.17, 15) is 9.59 Å². The number of amides is 2. The number of aromatic nitrogens is 1. The van der Waals surface area contributed by atoms with Gasteiger partial charge in [-0.25, -0.2) is 0 Å². The van der Waals surface area contributed by atoms with Gasteiger partial charge in [-0.3, -0.25) is 9.59 Å². The van der Waals surface area contributed by atoms with Crippen LogP contribution in [0.3, 0.4) is 0 Å². The largest absolute Gasteiger partial charge is 0.463 e. The van der Waals surface area contributed by atoms with Crippen LogP contribution in [0.25, 0.3) is 11.1 Å². The molecule has 2 aromatic rings. The minimum atomic E-state index is -0.922. The summed E-state index contributed by atoms with van der Waals surface area (Å²) in [6.45, 7) is 6.44. The Morgan fingerprint density at radius 1 is 1.32 bits per heavy atom. The van der Waals surface area contributed by atoms with Crippen molar-refractivity contribution in [1.29, 1.82) is 0 Å². The van der Waals surface area contributed by atoms with E-state index in [0.29, 0.717) is 17.8 Å². The fourth-order valence-electron chi connectivity index (χ4n) is 4.87. The molecule has 1 N–H and O–H groups in total. The van der Waals surface area contributed by atoms with Crippen LogP contribution in [0, 0.1) is 0 Å². The number of rotatable bonds is 4. The second-order valence-corrected chi connectivity index (χ2v) is 8.65. The van der Waals surface area contributed by atoms with Crippen LogP contribution >= 0.6 is 0 Å². The zero-order valence-electron chi connectivity index (χ0n) is 17.2. The van der Waals surface area contributed by atoms with Gasteiger partial charge in [0.2, 0.25) is 5.91 Å². The first-order valence-corrected chi connectivity index (χ1v) is 10.7. The quantitative estimate of drug-likeness (QED) is 0.806. The summed E-state index contributed by atoms with van der Waals surface area (Å²) in [5.41, 5.74) is 1.26. The second-order valence-electron chi connectivity index (χ2n) is 8.65. The predicted molar refractivity (Wildman–Crippen MR) is 108 cm³/mol. The third kappa shape index (κ3) is 3.03. The molecule has 4 rings (SSSR count). The van der Waals surface area contributed by atoms with Crippen molar-refractivity contribution < 1.29 is 14.0 Å². The molecular weight excluding hydrogens is 354 g/mol. The Balaban J connectivity index is 1.70. The van der Waals surface area contributed by atoms with Crippen molar-refractivity contribution in [2.45, 2.75) is 89.9 Å². The number of hydrogen-bond acceptors (Lipinski definition) is 3. The molecule has 152 valence electrons. The molecule has 6 nitrogen and oxygen atoms in total. The van der Waals surface area contributed by atoms with E-state index in [2.05, 4.69) is 12.2 Å². The highest BCUT2D eigenvalue weighted by Gasteiger charge is 2.49. The highest BCUT2D eigenvalue weighted by molar-refractivity contribution is 6.03. The Morgan fingerprint density at radius 2 is 2.04 bits per heavy atom. The molecule has 2 atom stereocenters. The fourth-order valence-corrected chi connectivity index (χ4v) is 4.87. The lowest BCUT2D eigenvalue weighted by Gasteiger charge is -2.47. The topological polar surface area (TPSA) is 67.5 Å². The standard InChI is InChI=1S/C22H31N3O3/c1-4-15(2)25-20(26)18-13-19-17(11-12-28-19)24(18)14-22(25,3)21(27)23-16-9-7-5-6-8-10-16/h11-13,15-16H,4-10,14H2,1-3H3,(H,23,27)/t15-,22-/m0/s1. The summed E-state index contributed by atoms with van der Waals surface area (Å²) in [5, 5.41) is 3.29. The molecule has 0 unspecified atom stereocenters. The molecule has 0 spiro atoms. The van der Waals surface area contributed by atoms with Gasteiger partial charge < -0.3 is 19.2 Å². The number of nitrogens with one attached hydrogen (secondary N) is 1. The first kappa shape index (κ1) is 19.1. The summed E-state index contributed by atoms with van der Waals surface area (Å²) < 4.78 is 7.46. The maximum atomic E-state index is 13.5. The van der Waals surface area contributed by atoms with Crippen molar-refractivity contribution in [3.63, 3.8) is 0 Å². The molecular formula is C22H31N3O3. The van der Waals surface area contributed by atoms with Crippen LogP contribution in [0.15, 0.2) is 22.8 Å². The molecule has 2 aromatic heterocycles. The van der Waals surface area contributed by atoms with Gasteiger partial charge in [0.1, 0.15) is 11.2 Å². The third-order valence-electron chi connectivity index (χ3n) is 6.67. The van der Waals surface area contributed by atoms with Gasteiger partial charge >= 0.3 is 0 Å². The number of nitrogens with zero attached hydrogens (tertiary/aromatic N) is 2. The SMILES string of the molecule is CC[C@H](C)N1C(=O)c2cc3occc3n2C[C@@]1(C)C(=O)NC1CCCCCC1. The lowest BCUT2D eigenvalue weighted by Crippen LogP contribution is -2.66. The average Bonchev–Trinajstić information content (AvgIpc) is 3.16. The van der Waals surface area contributed by atoms with Crippen LogP contribution < -0.4 is 5.32 Å². The first-order chi connectivity index (χ1) is 13.5. The van der Waals surface area contributed by atoms with E-state index in [4.69, 9.17) is 4.42 Å². The highest BCUT2D eigenvalue weighted by atomic mass is 16.3. The molecule has 1 aliphatic carbocycles. The van der Waals surface area contributed by atoms with Crippen molar-refractivity contribution in [3.8, 4) is 0 Å². The molecule has 0 aromatic carbocycles. The Morgan fingerprint density at radius 3 is 2.71 bits per heavy atom. The van der Waals surface area contributed by atoms with Crippen molar-refractivity contribution >= 4 is 22.9 Å². The monoisotopic (exact) mass is 385 g/mol. The lowest BCUT2D eigenvalue weighted by atomic mass is 9.91. The van der Waals surface area contributed by atoms with Crippen molar-refractivity contribution in [2.75, 3.05) is 0 Å². The van der Waals surface area contributed by atoms with Crippen LogP contribution in [-0.4, -0.2) is 38.9 Å². The summed E-state index contributed by atoms with van der Waals surface area (Å²) in [6, 6.07) is 3.86. The van der Waals surface area contributed by atoms with E-state index in [-0.39, 0.29) is 23.9 Å². The summed E-state index contributed by atoms with van der Waals surface area (Å²) >= 11 is 0. The molecule has 3 heterocycles. The van der Waals surface area contributed by atoms with Crippen LogP contribution in [0.1, 0.15) is 76.2 Å². The van der Waals surface area contributed by atoms with Crippen molar-refractivity contribution in [1.82, 2.24) is 14.8 Å². The lowest BCUT2D eigenvalue weighted by molar-refractivity contribution is -0.135. The maximum Gasteiger partial charge on any atom is 0.271 e. The molecule has 28 heavy (non-hydrogen) atoms. The Labute approximate surface area is 166 Å². The van der Waals surface area contributed by atoms with Crippen molar-refractivity contribution in [3.05, 3.63) is 24.1 Å². The molecule has 0 bridgehead atoms. The minimum absolute atomic E-state index is 0.0210. The Kier molecular flexibility index (Phi) is 4.98. The smallest absolute Gasteiger partial charge is 0.271 e. The van der Waals surface area contributed by atoms with Gasteiger partial charge in [-0.2, -0.15) is 0 Å². The van der Waals surface area contributed by atoms with E-state index in [1.807, 2.05) is 24.5 Å². The molecule has 0 saturated heterocycles. The van der Waals surface area contributed by atoms with Gasteiger partial charge in [0.05, 0.1) is 18.3 Å². The zero-order chi connectivity index (χ0) is 19.9. The molecule has 0 radical (unpaired) electrons. The Bertz CT molecular complexity index is 875. The number of fused-ring (bicyclic) bond motifs is 3. The summed E-state index contributed by atoms with van der Waals surface area (Å²) in [7, 11) is 0. The van der Waals surface area contributed by atoms with E-state index >= 15 is 0 Å². The van der Waals surface area contributed by atoms with Crippen molar-refractivity contribution in [2.24, 2.45) is 0 Å². The zero-order valence-corrected chi connectivity index (χ0v) is 17.2. The molecule has 6 heteroatoms. The van der Waals surface area contributed by atoms with Gasteiger partial charge in [0, 0.05) is 24.2 Å².